The molecule has 2 aromatic carbocycles. The van der Waals surface area contributed by atoms with Gasteiger partial charge < -0.3 is 9.47 Å². The van der Waals surface area contributed by atoms with Gasteiger partial charge in [0.25, 0.3) is 0 Å². The van der Waals surface area contributed by atoms with E-state index in [2.05, 4.69) is 18.8 Å². The smallest absolute Gasteiger partial charge is 0.187 e. The van der Waals surface area contributed by atoms with E-state index >= 15 is 0 Å². The van der Waals surface area contributed by atoms with Crippen molar-refractivity contribution in [3.8, 4) is 11.5 Å². The Balaban J connectivity index is 1.81. The zero-order valence-electron chi connectivity index (χ0n) is 18.2. The van der Waals surface area contributed by atoms with Crippen molar-refractivity contribution in [2.24, 2.45) is 0 Å². The molecule has 0 unspecified atom stereocenters. The third-order valence-corrected chi connectivity index (χ3v) is 5.38. The number of halogens is 1. The first kappa shape index (κ1) is 22.6. The lowest BCUT2D eigenvalue weighted by molar-refractivity contribution is 0.104. The number of aryl methyl sites for hydroxylation is 1. The minimum absolute atomic E-state index is 0.0973. The Morgan fingerprint density at radius 2 is 1.97 bits per heavy atom. The highest BCUT2D eigenvalue weighted by molar-refractivity contribution is 6.31. The summed E-state index contributed by atoms with van der Waals surface area (Å²) in [7, 11) is 1.63. The van der Waals surface area contributed by atoms with Crippen molar-refractivity contribution >= 4 is 23.5 Å². The van der Waals surface area contributed by atoms with Crippen LogP contribution in [0.5, 0.6) is 11.5 Å². The molecule has 0 saturated heterocycles. The predicted molar refractivity (Wildman–Crippen MR) is 125 cm³/mol. The zero-order chi connectivity index (χ0) is 22.4. The van der Waals surface area contributed by atoms with Gasteiger partial charge in [0.15, 0.2) is 5.78 Å². The number of benzene rings is 2. The molecule has 5 heteroatoms. The summed E-state index contributed by atoms with van der Waals surface area (Å²) in [5.74, 6) is 1.72. The normalized spacial score (nSPS) is 11.2. The summed E-state index contributed by atoms with van der Waals surface area (Å²) in [6.07, 6.45) is 6.52. The lowest BCUT2D eigenvalue weighted by Gasteiger charge is -2.17. The molecule has 3 aromatic rings. The lowest BCUT2D eigenvalue weighted by atomic mass is 10.0. The van der Waals surface area contributed by atoms with Crippen LogP contribution in [0, 0.1) is 6.92 Å². The summed E-state index contributed by atoms with van der Waals surface area (Å²) in [4.78, 5) is 16.3. The highest BCUT2D eigenvalue weighted by Gasteiger charge is 2.13. The van der Waals surface area contributed by atoms with Crippen LogP contribution in [-0.4, -0.2) is 17.9 Å². The molecule has 0 saturated carbocycles. The van der Waals surface area contributed by atoms with Crippen LogP contribution in [-0.2, 0) is 6.61 Å². The standard InChI is InChI=1S/C26H26ClNO3/c1-17(2)22-14-23(27)18(3)12-26(22)31-16-21-13-19(8-10-25(21)30-4)7-9-24(29)20-6-5-11-28-15-20/h5-15,17H,16H2,1-4H3/b9-7+. The van der Waals surface area contributed by atoms with E-state index in [1.807, 2.05) is 37.3 Å². The van der Waals surface area contributed by atoms with Crippen molar-refractivity contribution in [2.45, 2.75) is 33.3 Å². The zero-order valence-corrected chi connectivity index (χ0v) is 18.9. The van der Waals surface area contributed by atoms with Crippen LogP contribution in [0.4, 0.5) is 0 Å². The Labute approximate surface area is 188 Å². The molecular weight excluding hydrogens is 410 g/mol. The molecule has 1 aromatic heterocycles. The van der Waals surface area contributed by atoms with Crippen molar-refractivity contribution in [3.63, 3.8) is 0 Å². The fourth-order valence-electron chi connectivity index (χ4n) is 3.19. The van der Waals surface area contributed by atoms with Gasteiger partial charge in [-0.3, -0.25) is 9.78 Å². The number of carbonyl (C=O) groups is 1. The molecule has 0 atom stereocenters. The lowest BCUT2D eigenvalue weighted by Crippen LogP contribution is -2.03. The second kappa shape index (κ2) is 10.3. The molecular formula is C26H26ClNO3. The number of ketones is 1. The molecule has 3 rings (SSSR count). The maximum Gasteiger partial charge on any atom is 0.187 e. The average Bonchev–Trinajstić information content (AvgIpc) is 2.78. The van der Waals surface area contributed by atoms with Crippen LogP contribution in [0.2, 0.25) is 5.02 Å². The Bertz CT molecular complexity index is 1090. The highest BCUT2D eigenvalue weighted by Crippen LogP contribution is 2.33. The summed E-state index contributed by atoms with van der Waals surface area (Å²) in [6.45, 7) is 6.52. The van der Waals surface area contributed by atoms with E-state index in [1.165, 1.54) is 0 Å². The van der Waals surface area contributed by atoms with Crippen molar-refractivity contribution in [2.75, 3.05) is 7.11 Å². The van der Waals surface area contributed by atoms with Crippen molar-refractivity contribution < 1.29 is 14.3 Å². The fraction of sp³-hybridized carbons (Fsp3) is 0.231. The second-order valence-corrected chi connectivity index (χ2v) is 8.00. The molecule has 1 heterocycles. The van der Waals surface area contributed by atoms with E-state index < -0.39 is 0 Å². The summed E-state index contributed by atoms with van der Waals surface area (Å²) in [6, 6.07) is 13.2. The van der Waals surface area contributed by atoms with Crippen molar-refractivity contribution in [3.05, 3.63) is 93.8 Å². The van der Waals surface area contributed by atoms with Gasteiger partial charge in [0.05, 0.1) is 7.11 Å². The average molecular weight is 436 g/mol. The molecule has 0 spiro atoms. The second-order valence-electron chi connectivity index (χ2n) is 7.59. The van der Waals surface area contributed by atoms with Crippen molar-refractivity contribution in [1.82, 2.24) is 4.98 Å². The first-order valence-electron chi connectivity index (χ1n) is 10.1. The van der Waals surface area contributed by atoms with Gasteiger partial charge in [0.2, 0.25) is 0 Å². The molecule has 0 radical (unpaired) electrons. The van der Waals surface area contributed by atoms with Gasteiger partial charge in [-0.1, -0.05) is 37.6 Å². The molecule has 4 nitrogen and oxygen atoms in total. The van der Waals surface area contributed by atoms with Crippen LogP contribution < -0.4 is 9.47 Å². The maximum atomic E-state index is 12.3. The summed E-state index contributed by atoms with van der Waals surface area (Å²) in [5, 5.41) is 0.735. The number of hydrogen-bond acceptors (Lipinski definition) is 4. The minimum atomic E-state index is -0.0973. The predicted octanol–water partition coefficient (Wildman–Crippen LogP) is 6.65. The van der Waals surface area contributed by atoms with Gasteiger partial charge in [0.1, 0.15) is 18.1 Å². The van der Waals surface area contributed by atoms with Crippen LogP contribution in [0.15, 0.2) is 60.9 Å². The number of pyridine rings is 1. The first-order chi connectivity index (χ1) is 14.9. The quantitative estimate of drug-likeness (QED) is 0.293. The number of nitrogens with zero attached hydrogens (tertiary/aromatic N) is 1. The molecule has 0 amide bonds. The van der Waals surface area contributed by atoms with Crippen LogP contribution >= 0.6 is 11.6 Å². The Hall–Kier alpha value is -3.11. The number of hydrogen-bond donors (Lipinski definition) is 0. The largest absolute Gasteiger partial charge is 0.496 e. The monoisotopic (exact) mass is 435 g/mol. The summed E-state index contributed by atoms with van der Waals surface area (Å²) < 4.78 is 11.7. The van der Waals surface area contributed by atoms with E-state index in [4.69, 9.17) is 21.1 Å². The molecule has 0 aliphatic carbocycles. The Kier molecular flexibility index (Phi) is 7.48. The van der Waals surface area contributed by atoms with Gasteiger partial charge in [-0.25, -0.2) is 0 Å². The number of carbonyl (C=O) groups excluding carboxylic acids is 1. The molecule has 31 heavy (non-hydrogen) atoms. The maximum absolute atomic E-state index is 12.3. The molecule has 160 valence electrons. The van der Waals surface area contributed by atoms with E-state index in [9.17, 15) is 4.79 Å². The van der Waals surface area contributed by atoms with Crippen LogP contribution in [0.25, 0.3) is 6.08 Å². The van der Waals surface area contributed by atoms with Gasteiger partial charge in [-0.05, 0) is 72.0 Å². The molecule has 0 fully saturated rings. The van der Waals surface area contributed by atoms with Gasteiger partial charge >= 0.3 is 0 Å². The number of methoxy groups -OCH3 is 1. The molecule has 0 bridgehead atoms. The molecule has 0 aliphatic rings. The molecule has 0 aliphatic heterocycles. The number of allylic oxidation sites excluding steroid dienone is 1. The number of ether oxygens (including phenoxy) is 2. The highest BCUT2D eigenvalue weighted by atomic mass is 35.5. The summed E-state index contributed by atoms with van der Waals surface area (Å²) in [5.41, 5.74) is 4.36. The Morgan fingerprint density at radius 1 is 1.16 bits per heavy atom. The SMILES string of the molecule is COc1ccc(/C=C/C(=O)c2cccnc2)cc1COc1cc(C)c(Cl)cc1C(C)C. The third-order valence-electron chi connectivity index (χ3n) is 4.97. The van der Waals surface area contributed by atoms with E-state index in [-0.39, 0.29) is 11.7 Å². The van der Waals surface area contributed by atoms with Gasteiger partial charge in [-0.15, -0.1) is 0 Å². The van der Waals surface area contributed by atoms with Crippen LogP contribution in [0.3, 0.4) is 0 Å². The Morgan fingerprint density at radius 3 is 2.65 bits per heavy atom. The first-order valence-corrected chi connectivity index (χ1v) is 10.5. The summed E-state index contributed by atoms with van der Waals surface area (Å²) >= 11 is 6.31. The third kappa shape index (κ3) is 5.74. The van der Waals surface area contributed by atoms with Crippen molar-refractivity contribution in [1.29, 1.82) is 0 Å². The van der Waals surface area contributed by atoms with Gasteiger partial charge in [-0.2, -0.15) is 0 Å². The fourth-order valence-corrected chi connectivity index (χ4v) is 3.37. The van der Waals surface area contributed by atoms with Crippen LogP contribution in [0.1, 0.15) is 52.4 Å². The molecule has 0 N–H and O–H groups in total. The van der Waals surface area contributed by atoms with E-state index in [0.29, 0.717) is 12.2 Å². The van der Waals surface area contributed by atoms with E-state index in [0.717, 1.165) is 38.8 Å². The topological polar surface area (TPSA) is 48.4 Å². The minimum Gasteiger partial charge on any atom is -0.496 e. The number of aromatic nitrogens is 1. The number of rotatable bonds is 8. The van der Waals surface area contributed by atoms with E-state index in [1.54, 1.807) is 43.8 Å². The van der Waals surface area contributed by atoms with Gasteiger partial charge in [0, 0.05) is 28.5 Å².